The number of nitrogens with one attached hydrogen (secondary N) is 1. The molecule has 0 aliphatic rings. The van der Waals surface area contributed by atoms with E-state index in [9.17, 15) is 0 Å². The van der Waals surface area contributed by atoms with Gasteiger partial charge in [0, 0.05) is 25.6 Å². The van der Waals surface area contributed by atoms with Crippen molar-refractivity contribution in [2.45, 2.75) is 13.5 Å². The number of pyridine rings is 1. The Morgan fingerprint density at radius 1 is 1.25 bits per heavy atom. The van der Waals surface area contributed by atoms with Crippen LogP contribution in [0, 0.1) is 6.92 Å². The van der Waals surface area contributed by atoms with Crippen LogP contribution in [0.2, 0.25) is 0 Å². The third-order valence-corrected chi connectivity index (χ3v) is 2.94. The van der Waals surface area contributed by atoms with Gasteiger partial charge < -0.3 is 5.32 Å². The number of rotatable bonds is 4. The van der Waals surface area contributed by atoms with Crippen molar-refractivity contribution in [1.29, 1.82) is 0 Å². The molecular formula is C13H15N7. The molecule has 0 saturated carbocycles. The van der Waals surface area contributed by atoms with E-state index in [0.29, 0.717) is 6.54 Å². The molecule has 20 heavy (non-hydrogen) atoms. The van der Waals surface area contributed by atoms with Crippen LogP contribution >= 0.6 is 0 Å². The zero-order valence-electron chi connectivity index (χ0n) is 11.4. The van der Waals surface area contributed by atoms with E-state index in [1.807, 2.05) is 43.1 Å². The van der Waals surface area contributed by atoms with Crippen LogP contribution in [0.25, 0.3) is 5.82 Å². The predicted octanol–water partition coefficient (Wildman–Crippen LogP) is 1.32. The van der Waals surface area contributed by atoms with Gasteiger partial charge in [-0.3, -0.25) is 9.25 Å². The Morgan fingerprint density at radius 2 is 2.15 bits per heavy atom. The summed E-state index contributed by atoms with van der Waals surface area (Å²) in [5.41, 5.74) is 1.83. The first-order valence-corrected chi connectivity index (χ1v) is 6.28. The summed E-state index contributed by atoms with van der Waals surface area (Å²) in [4.78, 5) is 8.60. The topological polar surface area (TPSA) is 73.5 Å². The fraction of sp³-hybridized carbons (Fsp3) is 0.231. The normalized spacial score (nSPS) is 10.7. The van der Waals surface area contributed by atoms with Crippen LogP contribution in [-0.2, 0) is 13.6 Å². The Labute approximate surface area is 116 Å². The maximum Gasteiger partial charge on any atom is 0.138 e. The van der Waals surface area contributed by atoms with Crippen LogP contribution in [0.5, 0.6) is 0 Å². The van der Waals surface area contributed by atoms with Gasteiger partial charge >= 0.3 is 0 Å². The van der Waals surface area contributed by atoms with Gasteiger partial charge in [-0.15, -0.1) is 5.10 Å². The summed E-state index contributed by atoms with van der Waals surface area (Å²) in [7, 11) is 1.85. The standard InChI is InChI=1S/C13H15N7/c1-10-14-5-6-20(10)13-4-3-11(7-16-13)15-8-12-9-19(2)18-17-12/h3-7,9,15H,8H2,1-2H3. The van der Waals surface area contributed by atoms with Crippen LogP contribution in [0.4, 0.5) is 5.69 Å². The fourth-order valence-electron chi connectivity index (χ4n) is 1.92. The van der Waals surface area contributed by atoms with Gasteiger partial charge in [-0.2, -0.15) is 0 Å². The molecule has 0 aromatic carbocycles. The molecule has 0 atom stereocenters. The van der Waals surface area contributed by atoms with Gasteiger partial charge in [0.15, 0.2) is 0 Å². The number of anilines is 1. The van der Waals surface area contributed by atoms with Gasteiger partial charge in [0.25, 0.3) is 0 Å². The molecule has 0 spiro atoms. The highest BCUT2D eigenvalue weighted by atomic mass is 15.4. The molecule has 0 aliphatic carbocycles. The summed E-state index contributed by atoms with van der Waals surface area (Å²) in [5.74, 6) is 1.77. The molecular weight excluding hydrogens is 254 g/mol. The number of hydrogen-bond donors (Lipinski definition) is 1. The van der Waals surface area contributed by atoms with Gasteiger partial charge in [0.05, 0.1) is 18.4 Å². The van der Waals surface area contributed by atoms with Crippen molar-refractivity contribution in [3.05, 3.63) is 48.4 Å². The third-order valence-electron chi connectivity index (χ3n) is 2.94. The Balaban J connectivity index is 1.69. The van der Waals surface area contributed by atoms with Crippen molar-refractivity contribution in [2.75, 3.05) is 5.32 Å². The lowest BCUT2D eigenvalue weighted by molar-refractivity contribution is 0.713. The Kier molecular flexibility index (Phi) is 3.16. The van der Waals surface area contributed by atoms with E-state index in [0.717, 1.165) is 23.0 Å². The number of aromatic nitrogens is 6. The lowest BCUT2D eigenvalue weighted by Gasteiger charge is -2.06. The van der Waals surface area contributed by atoms with E-state index in [-0.39, 0.29) is 0 Å². The van der Waals surface area contributed by atoms with Crippen molar-refractivity contribution in [3.63, 3.8) is 0 Å². The molecule has 3 aromatic rings. The monoisotopic (exact) mass is 269 g/mol. The average molecular weight is 269 g/mol. The molecule has 102 valence electrons. The largest absolute Gasteiger partial charge is 0.378 e. The molecule has 3 rings (SSSR count). The first kappa shape index (κ1) is 12.3. The lowest BCUT2D eigenvalue weighted by atomic mass is 10.3. The second-order valence-corrected chi connectivity index (χ2v) is 4.49. The van der Waals surface area contributed by atoms with Crippen molar-refractivity contribution < 1.29 is 0 Å². The van der Waals surface area contributed by atoms with Crippen molar-refractivity contribution in [1.82, 2.24) is 29.5 Å². The highest BCUT2D eigenvalue weighted by Gasteiger charge is 2.02. The Bertz CT molecular complexity index is 696. The van der Waals surface area contributed by atoms with E-state index in [4.69, 9.17) is 0 Å². The fourth-order valence-corrected chi connectivity index (χ4v) is 1.92. The highest BCUT2D eigenvalue weighted by Crippen LogP contribution is 2.12. The SMILES string of the molecule is Cc1nccn1-c1ccc(NCc2cn(C)nn2)cn1. The molecule has 7 heteroatoms. The molecule has 0 bridgehead atoms. The third kappa shape index (κ3) is 2.51. The molecule has 7 nitrogen and oxygen atoms in total. The first-order chi connectivity index (χ1) is 9.72. The number of nitrogens with zero attached hydrogens (tertiary/aromatic N) is 6. The molecule has 3 aromatic heterocycles. The van der Waals surface area contributed by atoms with Gasteiger partial charge in [0.2, 0.25) is 0 Å². The first-order valence-electron chi connectivity index (χ1n) is 6.28. The van der Waals surface area contributed by atoms with Crippen molar-refractivity contribution in [2.24, 2.45) is 7.05 Å². The van der Waals surface area contributed by atoms with Crippen LogP contribution in [-0.4, -0.2) is 29.5 Å². The summed E-state index contributed by atoms with van der Waals surface area (Å²) in [6, 6.07) is 3.94. The zero-order chi connectivity index (χ0) is 13.9. The molecule has 0 aliphatic heterocycles. The molecule has 0 unspecified atom stereocenters. The summed E-state index contributed by atoms with van der Waals surface area (Å²) in [6.45, 7) is 2.57. The van der Waals surface area contributed by atoms with Crippen LogP contribution in [0.15, 0.2) is 36.9 Å². The van der Waals surface area contributed by atoms with Crippen molar-refractivity contribution >= 4 is 5.69 Å². The summed E-state index contributed by atoms with van der Waals surface area (Å²) in [5, 5.41) is 11.2. The van der Waals surface area contributed by atoms with E-state index in [1.165, 1.54) is 0 Å². The van der Waals surface area contributed by atoms with Gasteiger partial charge in [-0.1, -0.05) is 5.21 Å². The van der Waals surface area contributed by atoms with Gasteiger partial charge in [0.1, 0.15) is 17.3 Å². The van der Waals surface area contributed by atoms with E-state index < -0.39 is 0 Å². The summed E-state index contributed by atoms with van der Waals surface area (Å²) >= 11 is 0. The van der Waals surface area contributed by atoms with Crippen LogP contribution in [0.1, 0.15) is 11.5 Å². The van der Waals surface area contributed by atoms with Gasteiger partial charge in [-0.05, 0) is 19.1 Å². The summed E-state index contributed by atoms with van der Waals surface area (Å²) < 4.78 is 3.62. The lowest BCUT2D eigenvalue weighted by Crippen LogP contribution is -2.02. The van der Waals surface area contributed by atoms with E-state index in [1.54, 1.807) is 17.1 Å². The van der Waals surface area contributed by atoms with Crippen LogP contribution in [0.3, 0.4) is 0 Å². The number of imidazole rings is 1. The minimum Gasteiger partial charge on any atom is -0.378 e. The van der Waals surface area contributed by atoms with Crippen LogP contribution < -0.4 is 5.32 Å². The van der Waals surface area contributed by atoms with Gasteiger partial charge in [-0.25, -0.2) is 9.97 Å². The second-order valence-electron chi connectivity index (χ2n) is 4.49. The molecule has 1 N–H and O–H groups in total. The maximum atomic E-state index is 4.42. The molecule has 0 saturated heterocycles. The maximum absolute atomic E-state index is 4.42. The minimum absolute atomic E-state index is 0.624. The predicted molar refractivity (Wildman–Crippen MR) is 74.4 cm³/mol. The molecule has 3 heterocycles. The minimum atomic E-state index is 0.624. The Morgan fingerprint density at radius 3 is 2.75 bits per heavy atom. The number of hydrogen-bond acceptors (Lipinski definition) is 5. The smallest absolute Gasteiger partial charge is 0.138 e. The zero-order valence-corrected chi connectivity index (χ0v) is 11.4. The number of aryl methyl sites for hydroxylation is 2. The van der Waals surface area contributed by atoms with Crippen molar-refractivity contribution in [3.8, 4) is 5.82 Å². The molecule has 0 fully saturated rings. The van der Waals surface area contributed by atoms with E-state index in [2.05, 4.69) is 25.6 Å². The second kappa shape index (κ2) is 5.12. The molecule has 0 radical (unpaired) electrons. The quantitative estimate of drug-likeness (QED) is 0.773. The summed E-state index contributed by atoms with van der Waals surface area (Å²) in [6.07, 6.45) is 7.33. The van der Waals surface area contributed by atoms with E-state index >= 15 is 0 Å². The average Bonchev–Trinajstić information content (AvgIpc) is 3.06. The molecule has 0 amide bonds. The highest BCUT2D eigenvalue weighted by molar-refractivity contribution is 5.44. The Hall–Kier alpha value is -2.70.